The van der Waals surface area contributed by atoms with Gasteiger partial charge in [-0.15, -0.1) is 0 Å². The van der Waals surface area contributed by atoms with Crippen LogP contribution in [-0.2, 0) is 16.0 Å². The lowest BCUT2D eigenvalue weighted by molar-refractivity contribution is -0.159. The fourth-order valence-electron chi connectivity index (χ4n) is 4.89. The van der Waals surface area contributed by atoms with Gasteiger partial charge in [-0.05, 0) is 67.4 Å². The summed E-state index contributed by atoms with van der Waals surface area (Å²) >= 11 is 0. The molecule has 3 rings (SSSR count). The van der Waals surface area contributed by atoms with E-state index in [1.807, 2.05) is 0 Å². The minimum absolute atomic E-state index is 0.0887. The van der Waals surface area contributed by atoms with E-state index in [2.05, 4.69) is 25.6 Å². The Hall–Kier alpha value is -3.65. The Labute approximate surface area is 232 Å². The second kappa shape index (κ2) is 12.5. The summed E-state index contributed by atoms with van der Waals surface area (Å²) in [5, 5.41) is 12.0. The molecule has 41 heavy (non-hydrogen) atoms. The van der Waals surface area contributed by atoms with Crippen molar-refractivity contribution in [1.82, 2.24) is 20.5 Å². The summed E-state index contributed by atoms with van der Waals surface area (Å²) in [6, 6.07) is 0.815. The molecule has 9 nitrogen and oxygen atoms in total. The Balaban J connectivity index is 1.83. The van der Waals surface area contributed by atoms with Crippen molar-refractivity contribution in [3.63, 3.8) is 0 Å². The summed E-state index contributed by atoms with van der Waals surface area (Å²) in [6.45, 7) is 3.05. The molecule has 0 bridgehead atoms. The molecule has 226 valence electrons. The van der Waals surface area contributed by atoms with E-state index in [1.54, 1.807) is 6.92 Å². The molecule has 1 heterocycles. The van der Waals surface area contributed by atoms with Gasteiger partial charge in [0.25, 0.3) is 5.91 Å². The molecule has 0 spiro atoms. The number of nitrogens with one attached hydrogen (secondary N) is 2. The lowest BCUT2D eigenvalue weighted by Crippen LogP contribution is -2.50. The van der Waals surface area contributed by atoms with Crippen LogP contribution in [0.3, 0.4) is 0 Å². The highest BCUT2D eigenvalue weighted by molar-refractivity contribution is 6.01. The van der Waals surface area contributed by atoms with E-state index in [0.29, 0.717) is 16.9 Å². The summed E-state index contributed by atoms with van der Waals surface area (Å²) in [4.78, 5) is 39.2. The van der Waals surface area contributed by atoms with E-state index in [4.69, 9.17) is 0 Å². The van der Waals surface area contributed by atoms with Crippen LogP contribution in [0.15, 0.2) is 16.8 Å². The van der Waals surface area contributed by atoms with Crippen LogP contribution in [0.4, 0.5) is 32.0 Å². The second-order valence-electron chi connectivity index (χ2n) is 10.3. The van der Waals surface area contributed by atoms with Gasteiger partial charge in [0.15, 0.2) is 5.69 Å². The van der Waals surface area contributed by atoms with Gasteiger partial charge in [0.1, 0.15) is 24.1 Å². The zero-order valence-corrected chi connectivity index (χ0v) is 22.9. The van der Waals surface area contributed by atoms with Crippen molar-refractivity contribution in [3.8, 4) is 0 Å². The lowest BCUT2D eigenvalue weighted by atomic mass is 9.81. The minimum atomic E-state index is -4.61. The molecule has 2 aromatic rings. The third kappa shape index (κ3) is 7.97. The van der Waals surface area contributed by atoms with Gasteiger partial charge in [0.05, 0.1) is 11.6 Å². The molecule has 1 aliphatic carbocycles. The Morgan fingerprint density at radius 1 is 1.17 bits per heavy atom. The van der Waals surface area contributed by atoms with Gasteiger partial charge < -0.3 is 15.5 Å². The van der Waals surface area contributed by atoms with Crippen LogP contribution in [0.5, 0.6) is 0 Å². The predicted molar refractivity (Wildman–Crippen MR) is 134 cm³/mol. The number of nitrogens with zero attached hydrogens (tertiary/aromatic N) is 3. The maximum absolute atomic E-state index is 15.1. The molecular weight excluding hydrogens is 560 g/mol. The van der Waals surface area contributed by atoms with Gasteiger partial charge in [-0.2, -0.15) is 13.2 Å². The number of rotatable bonds is 9. The molecule has 2 unspecified atom stereocenters. The van der Waals surface area contributed by atoms with Crippen LogP contribution in [0.25, 0.3) is 0 Å². The first-order valence-corrected chi connectivity index (χ1v) is 13.0. The van der Waals surface area contributed by atoms with Crippen LogP contribution < -0.4 is 10.6 Å². The molecule has 2 N–H and O–H groups in total. The van der Waals surface area contributed by atoms with Gasteiger partial charge in [-0.25, -0.2) is 17.8 Å². The monoisotopic (exact) mass is 591 g/mol. The number of anilines is 1. The zero-order valence-electron chi connectivity index (χ0n) is 22.9. The molecule has 1 saturated carbocycles. The molecule has 0 saturated heterocycles. The topological polar surface area (TPSA) is 117 Å². The number of carbonyl (C=O) groups excluding carboxylic acids is 3. The second-order valence-corrected chi connectivity index (χ2v) is 10.3. The number of aryl methyl sites for hydroxylation is 2. The molecule has 1 aromatic carbocycles. The summed E-state index contributed by atoms with van der Waals surface area (Å²) in [6.07, 6.45) is -5.49. The normalized spacial score (nSPS) is 17.0. The molecule has 0 radical (unpaired) electrons. The highest BCUT2D eigenvalue weighted by Crippen LogP contribution is 2.38. The average Bonchev–Trinajstić information content (AvgIpc) is 3.36. The number of aromatic nitrogens is 2. The predicted octanol–water partition coefficient (Wildman–Crippen LogP) is 4.77. The first-order valence-electron chi connectivity index (χ1n) is 13.0. The first kappa shape index (κ1) is 31.9. The van der Waals surface area contributed by atoms with Crippen molar-refractivity contribution in [2.45, 2.75) is 76.9 Å². The molecule has 1 aromatic heterocycles. The molecule has 2 atom stereocenters. The zero-order chi connectivity index (χ0) is 30.7. The standard InChI is InChI=1S/C26H31F6N5O4/c1-5-18-21(36-41-35-18)23(39)34-20(15-6-8-25(28,29)9-7-15)22(38)33-19-10-13(2)16(11-17(19)27)14(3)24(40)37(4)12-26(30,31)32/h10-11,14-15,20H,5-9,12H2,1-4H3,(H,33,38)(H,34,39). The number of hydrogen-bond donors (Lipinski definition) is 2. The van der Waals surface area contributed by atoms with Crippen LogP contribution >= 0.6 is 0 Å². The number of carbonyl (C=O) groups is 3. The van der Waals surface area contributed by atoms with Gasteiger partial charge in [0, 0.05) is 19.9 Å². The summed E-state index contributed by atoms with van der Waals surface area (Å²) < 4.78 is 85.5. The molecule has 1 fully saturated rings. The van der Waals surface area contributed by atoms with Gasteiger partial charge in [0.2, 0.25) is 17.7 Å². The Bertz CT molecular complexity index is 1270. The third-order valence-electron chi connectivity index (χ3n) is 7.15. The average molecular weight is 592 g/mol. The van der Waals surface area contributed by atoms with E-state index in [9.17, 15) is 36.3 Å². The Morgan fingerprint density at radius 2 is 1.80 bits per heavy atom. The summed E-state index contributed by atoms with van der Waals surface area (Å²) in [5.74, 6) is -8.28. The number of alkyl halides is 5. The van der Waals surface area contributed by atoms with Crippen LogP contribution in [0.1, 0.15) is 72.8 Å². The first-order chi connectivity index (χ1) is 19.0. The van der Waals surface area contributed by atoms with Crippen molar-refractivity contribution in [2.24, 2.45) is 5.92 Å². The number of likely N-dealkylation sites (N-methyl/N-ethyl adjacent to an activating group) is 1. The molecule has 1 aliphatic rings. The number of amides is 3. The minimum Gasteiger partial charge on any atom is -0.338 e. The van der Waals surface area contributed by atoms with Gasteiger partial charge in [-0.1, -0.05) is 12.1 Å². The van der Waals surface area contributed by atoms with Crippen molar-refractivity contribution in [3.05, 3.63) is 40.5 Å². The molecule has 3 amide bonds. The van der Waals surface area contributed by atoms with Gasteiger partial charge in [-0.3, -0.25) is 14.4 Å². The number of benzene rings is 1. The van der Waals surface area contributed by atoms with Crippen molar-refractivity contribution >= 4 is 23.4 Å². The third-order valence-corrected chi connectivity index (χ3v) is 7.15. The quantitative estimate of drug-likeness (QED) is 0.406. The van der Waals surface area contributed by atoms with Gasteiger partial charge >= 0.3 is 6.18 Å². The van der Waals surface area contributed by atoms with Crippen molar-refractivity contribution in [1.29, 1.82) is 0 Å². The maximum Gasteiger partial charge on any atom is 0.406 e. The Kier molecular flexibility index (Phi) is 9.70. The van der Waals surface area contributed by atoms with E-state index in [0.717, 1.165) is 13.1 Å². The van der Waals surface area contributed by atoms with E-state index in [-0.39, 0.29) is 35.5 Å². The highest BCUT2D eigenvalue weighted by atomic mass is 19.4. The van der Waals surface area contributed by atoms with Crippen LogP contribution in [0, 0.1) is 18.7 Å². The fraction of sp³-hybridized carbons (Fsp3) is 0.577. The van der Waals surface area contributed by atoms with Crippen molar-refractivity contribution in [2.75, 3.05) is 18.9 Å². The van der Waals surface area contributed by atoms with Crippen LogP contribution in [0.2, 0.25) is 0 Å². The largest absolute Gasteiger partial charge is 0.406 e. The van der Waals surface area contributed by atoms with E-state index in [1.165, 1.54) is 19.9 Å². The summed E-state index contributed by atoms with van der Waals surface area (Å²) in [7, 11) is 0.987. The maximum atomic E-state index is 15.1. The smallest absolute Gasteiger partial charge is 0.338 e. The summed E-state index contributed by atoms with van der Waals surface area (Å²) in [5.41, 5.74) is 0.148. The number of halogens is 6. The number of hydrogen-bond acceptors (Lipinski definition) is 6. The fourth-order valence-corrected chi connectivity index (χ4v) is 4.89. The van der Waals surface area contributed by atoms with E-state index < -0.39 is 72.9 Å². The highest BCUT2D eigenvalue weighted by Gasteiger charge is 2.41. The van der Waals surface area contributed by atoms with Crippen molar-refractivity contribution < 1.29 is 45.4 Å². The van der Waals surface area contributed by atoms with E-state index >= 15 is 4.39 Å². The van der Waals surface area contributed by atoms with Crippen LogP contribution in [-0.4, -0.2) is 64.7 Å². The SMILES string of the molecule is CCc1nonc1C(=O)NC(C(=O)Nc1cc(C)c(C(C)C(=O)N(C)CC(F)(F)F)cc1F)C1CCC(F)(F)CC1. The Morgan fingerprint density at radius 3 is 2.39 bits per heavy atom. The molecule has 0 aliphatic heterocycles. The molecular formula is C26H31F6N5O4. The molecule has 15 heteroatoms. The lowest BCUT2D eigenvalue weighted by Gasteiger charge is -2.33.